The van der Waals surface area contributed by atoms with E-state index in [2.05, 4.69) is 26.1 Å². The maximum absolute atomic E-state index is 13.8. The Hall–Kier alpha value is -3.22. The zero-order chi connectivity index (χ0) is 26.3. The molecule has 2 aromatic carbocycles. The van der Waals surface area contributed by atoms with Gasteiger partial charge in [-0.1, -0.05) is 62.7 Å². The number of esters is 1. The van der Waals surface area contributed by atoms with Gasteiger partial charge in [0.05, 0.1) is 29.4 Å². The van der Waals surface area contributed by atoms with Crippen LogP contribution < -0.4 is 5.32 Å². The monoisotopic (exact) mass is 532 g/mol. The van der Waals surface area contributed by atoms with E-state index in [0.717, 1.165) is 40.7 Å². The summed E-state index contributed by atoms with van der Waals surface area (Å²) in [5, 5.41) is 4.98. The summed E-state index contributed by atoms with van der Waals surface area (Å²) in [5.74, 6) is -0.188. The highest BCUT2D eigenvalue weighted by Crippen LogP contribution is 2.44. The number of hydrogen-bond donors (Lipinski definition) is 1. The van der Waals surface area contributed by atoms with Crippen molar-refractivity contribution in [3.8, 4) is 11.3 Å². The van der Waals surface area contributed by atoms with Crippen molar-refractivity contribution in [1.82, 2.24) is 4.98 Å². The Kier molecular flexibility index (Phi) is 6.82. The van der Waals surface area contributed by atoms with E-state index in [1.165, 1.54) is 18.4 Å². The third kappa shape index (κ3) is 5.00. The highest BCUT2D eigenvalue weighted by molar-refractivity contribution is 7.17. The van der Waals surface area contributed by atoms with Gasteiger partial charge in [0.15, 0.2) is 0 Å². The van der Waals surface area contributed by atoms with Gasteiger partial charge >= 0.3 is 5.97 Å². The number of fused-ring (bicyclic) bond motifs is 2. The van der Waals surface area contributed by atoms with Gasteiger partial charge in [0.1, 0.15) is 5.00 Å². The molecule has 5 nitrogen and oxygen atoms in total. The number of para-hydroxylation sites is 1. The van der Waals surface area contributed by atoms with Crippen molar-refractivity contribution in [3.05, 3.63) is 81.2 Å². The lowest BCUT2D eigenvalue weighted by Crippen LogP contribution is -2.26. The van der Waals surface area contributed by atoms with Gasteiger partial charge in [-0.15, -0.1) is 11.3 Å². The van der Waals surface area contributed by atoms with Gasteiger partial charge in [-0.2, -0.15) is 0 Å². The molecule has 0 bridgehead atoms. The van der Waals surface area contributed by atoms with E-state index in [1.807, 2.05) is 36.4 Å². The van der Waals surface area contributed by atoms with Crippen molar-refractivity contribution in [1.29, 1.82) is 0 Å². The molecule has 1 aliphatic rings. The summed E-state index contributed by atoms with van der Waals surface area (Å²) in [4.78, 5) is 32.5. The van der Waals surface area contributed by atoms with Crippen LogP contribution >= 0.6 is 22.9 Å². The molecule has 4 aromatic rings. The van der Waals surface area contributed by atoms with E-state index in [-0.39, 0.29) is 11.3 Å². The number of ether oxygens (including phenoxy) is 1. The second-order valence-electron chi connectivity index (χ2n) is 10.5. The summed E-state index contributed by atoms with van der Waals surface area (Å²) in [6.07, 6.45) is 2.69. The van der Waals surface area contributed by atoms with Crippen molar-refractivity contribution < 1.29 is 14.3 Å². The number of pyridine rings is 1. The number of aromatic nitrogens is 1. The number of carbonyl (C=O) groups excluding carboxylic acids is 2. The summed E-state index contributed by atoms with van der Waals surface area (Å²) in [7, 11) is 1.38. The minimum Gasteiger partial charge on any atom is -0.465 e. The van der Waals surface area contributed by atoms with E-state index in [9.17, 15) is 9.59 Å². The van der Waals surface area contributed by atoms with Crippen molar-refractivity contribution >= 4 is 50.7 Å². The molecular weight excluding hydrogens is 504 g/mol. The first-order chi connectivity index (χ1) is 17.7. The van der Waals surface area contributed by atoms with Crippen molar-refractivity contribution in [2.75, 3.05) is 12.4 Å². The molecule has 1 amide bonds. The zero-order valence-electron chi connectivity index (χ0n) is 21.4. The molecule has 1 unspecified atom stereocenters. The molecule has 0 fully saturated rings. The van der Waals surface area contributed by atoms with Gasteiger partial charge in [0.2, 0.25) is 0 Å². The lowest BCUT2D eigenvalue weighted by atomic mass is 9.72. The number of nitrogens with one attached hydrogen (secondary N) is 1. The number of hydrogen-bond acceptors (Lipinski definition) is 5. The summed E-state index contributed by atoms with van der Waals surface area (Å²) in [6.45, 7) is 6.77. The van der Waals surface area contributed by atoms with E-state index < -0.39 is 5.97 Å². The minimum absolute atomic E-state index is 0.171. The van der Waals surface area contributed by atoms with E-state index in [1.54, 1.807) is 18.2 Å². The smallest absolute Gasteiger partial charge is 0.341 e. The third-order valence-electron chi connectivity index (χ3n) is 7.21. The second-order valence-corrected chi connectivity index (χ2v) is 12.1. The molecule has 7 heteroatoms. The van der Waals surface area contributed by atoms with Gasteiger partial charge in [0, 0.05) is 20.8 Å². The predicted octanol–water partition coefficient (Wildman–Crippen LogP) is 7.81. The molecule has 1 N–H and O–H groups in total. The Bertz CT molecular complexity index is 1500. The van der Waals surface area contributed by atoms with E-state index in [4.69, 9.17) is 21.3 Å². The Labute approximate surface area is 225 Å². The normalized spacial score (nSPS) is 15.3. The molecule has 0 saturated carbocycles. The Morgan fingerprint density at radius 1 is 1.11 bits per heavy atom. The lowest BCUT2D eigenvalue weighted by Gasteiger charge is -2.33. The zero-order valence-corrected chi connectivity index (χ0v) is 22.9. The molecule has 0 aliphatic heterocycles. The van der Waals surface area contributed by atoms with Crippen molar-refractivity contribution in [2.45, 2.75) is 40.0 Å². The van der Waals surface area contributed by atoms with Gasteiger partial charge < -0.3 is 10.1 Å². The summed E-state index contributed by atoms with van der Waals surface area (Å²) in [5.41, 5.74) is 4.40. The molecule has 0 radical (unpaired) electrons. The number of rotatable bonds is 4. The van der Waals surface area contributed by atoms with Crippen LogP contribution in [0.4, 0.5) is 5.00 Å². The SMILES string of the molecule is COC(=O)c1c(NC(=O)c2cc(-c3ccc(Cl)cc3)nc3ccccc23)sc2c1CCC(C(C)(C)C)C2. The molecule has 190 valence electrons. The highest BCUT2D eigenvalue weighted by atomic mass is 35.5. The molecule has 2 aromatic heterocycles. The summed E-state index contributed by atoms with van der Waals surface area (Å²) < 4.78 is 5.14. The number of methoxy groups -OCH3 is 1. The largest absolute Gasteiger partial charge is 0.465 e. The molecule has 0 spiro atoms. The van der Waals surface area contributed by atoms with Crippen molar-refractivity contribution in [3.63, 3.8) is 0 Å². The quantitative estimate of drug-likeness (QED) is 0.272. The first-order valence-electron chi connectivity index (χ1n) is 12.4. The predicted molar refractivity (Wildman–Crippen MR) is 151 cm³/mol. The van der Waals surface area contributed by atoms with Crippen LogP contribution in [0.15, 0.2) is 54.6 Å². The second kappa shape index (κ2) is 9.92. The molecule has 5 rings (SSSR count). The topological polar surface area (TPSA) is 68.3 Å². The average molecular weight is 533 g/mol. The fourth-order valence-corrected chi connectivity index (χ4v) is 6.47. The molecule has 0 saturated heterocycles. The van der Waals surface area contributed by atoms with E-state index >= 15 is 0 Å². The number of thiophene rings is 1. The first kappa shape index (κ1) is 25.4. The lowest BCUT2D eigenvalue weighted by molar-refractivity contribution is 0.0600. The highest BCUT2D eigenvalue weighted by Gasteiger charge is 2.34. The maximum atomic E-state index is 13.8. The van der Waals surface area contributed by atoms with Gasteiger partial charge in [-0.25, -0.2) is 9.78 Å². The Morgan fingerprint density at radius 2 is 1.84 bits per heavy atom. The average Bonchev–Trinajstić information content (AvgIpc) is 3.24. The van der Waals surface area contributed by atoms with Gasteiger partial charge in [0.25, 0.3) is 5.91 Å². The van der Waals surface area contributed by atoms with Crippen LogP contribution in [0, 0.1) is 11.3 Å². The molecule has 2 heterocycles. The number of amides is 1. The molecule has 1 aliphatic carbocycles. The van der Waals surface area contributed by atoms with Gasteiger partial charge in [-0.3, -0.25) is 4.79 Å². The minimum atomic E-state index is -0.413. The van der Waals surface area contributed by atoms with E-state index in [0.29, 0.717) is 38.3 Å². The Balaban J connectivity index is 1.56. The standard InChI is InChI=1S/C30H29ClN2O3S/c1-30(2,3)18-11-14-21-25(15-18)37-28(26(21)29(35)36-4)33-27(34)22-16-24(17-9-12-19(31)13-10-17)32-23-8-6-5-7-20(22)23/h5-10,12-13,16,18H,11,14-15H2,1-4H3,(H,33,34). The number of halogens is 1. The number of nitrogens with zero attached hydrogens (tertiary/aromatic N) is 1. The van der Waals surface area contributed by atoms with Crippen LogP contribution in [-0.2, 0) is 17.6 Å². The number of benzene rings is 2. The first-order valence-corrected chi connectivity index (χ1v) is 13.5. The molecular formula is C30H29ClN2O3S. The van der Waals surface area contributed by atoms with Gasteiger partial charge in [-0.05, 0) is 60.4 Å². The van der Waals surface area contributed by atoms with Crippen molar-refractivity contribution in [2.24, 2.45) is 11.3 Å². The molecule has 37 heavy (non-hydrogen) atoms. The van der Waals surface area contributed by atoms with Crippen LogP contribution in [0.5, 0.6) is 0 Å². The third-order valence-corrected chi connectivity index (χ3v) is 8.63. The van der Waals surface area contributed by atoms with Crippen LogP contribution in [0.2, 0.25) is 5.02 Å². The fraction of sp³-hybridized carbons (Fsp3) is 0.300. The fourth-order valence-electron chi connectivity index (χ4n) is 5.03. The summed E-state index contributed by atoms with van der Waals surface area (Å²) in [6, 6.07) is 16.7. The Morgan fingerprint density at radius 3 is 2.54 bits per heavy atom. The van der Waals surface area contributed by atoms with Crippen LogP contribution in [-0.4, -0.2) is 24.0 Å². The maximum Gasteiger partial charge on any atom is 0.341 e. The van der Waals surface area contributed by atoms with Crippen LogP contribution in [0.25, 0.3) is 22.2 Å². The van der Waals surface area contributed by atoms with Crippen LogP contribution in [0.3, 0.4) is 0 Å². The summed E-state index contributed by atoms with van der Waals surface area (Å²) >= 11 is 7.57. The molecule has 1 atom stereocenters. The van der Waals surface area contributed by atoms with Crippen LogP contribution in [0.1, 0.15) is 58.3 Å². The number of anilines is 1. The number of carbonyl (C=O) groups is 2.